The van der Waals surface area contributed by atoms with Gasteiger partial charge >= 0.3 is 0 Å². The molecule has 0 aliphatic heterocycles. The molecule has 6 nitrogen and oxygen atoms in total. The zero-order valence-electron chi connectivity index (χ0n) is 14.1. The summed E-state index contributed by atoms with van der Waals surface area (Å²) in [7, 11) is 0. The maximum atomic E-state index is 9.88. The Bertz CT molecular complexity index is 563. The molecule has 0 saturated carbocycles. The van der Waals surface area contributed by atoms with Crippen molar-refractivity contribution in [2.75, 3.05) is 31.6 Å². The van der Waals surface area contributed by atoms with Crippen LogP contribution < -0.4 is 15.4 Å². The third kappa shape index (κ3) is 6.93. The largest absolute Gasteiger partial charge is 0.491 e. The Morgan fingerprint density at radius 3 is 2.58 bits per heavy atom. The molecule has 0 amide bonds. The number of aliphatic hydroxyl groups excluding tert-OH is 1. The summed E-state index contributed by atoms with van der Waals surface area (Å²) >= 11 is 0. The molecular weight excluding hydrogens is 304 g/mol. The first-order valence-electron chi connectivity index (χ1n) is 8.39. The second-order valence-corrected chi connectivity index (χ2v) is 5.57. The predicted molar refractivity (Wildman–Crippen MR) is 95.3 cm³/mol. The highest BCUT2D eigenvalue weighted by atomic mass is 16.5. The average Bonchev–Trinajstić information content (AvgIpc) is 2.62. The number of nitrogens with one attached hydrogen (secondary N) is 2. The molecule has 0 spiro atoms. The Labute approximate surface area is 143 Å². The molecule has 3 N–H and O–H groups in total. The monoisotopic (exact) mass is 330 g/mol. The van der Waals surface area contributed by atoms with Crippen molar-refractivity contribution >= 4 is 5.95 Å². The molecule has 1 atom stereocenters. The number of aromatic nitrogens is 2. The first-order chi connectivity index (χ1) is 11.8. The normalized spacial score (nSPS) is 11.9. The van der Waals surface area contributed by atoms with Gasteiger partial charge in [-0.15, -0.1) is 0 Å². The zero-order chi connectivity index (χ0) is 17.0. The molecule has 24 heavy (non-hydrogen) atoms. The number of rotatable bonds is 11. The van der Waals surface area contributed by atoms with E-state index >= 15 is 0 Å². The molecule has 0 unspecified atom stereocenters. The lowest BCUT2D eigenvalue weighted by Crippen LogP contribution is -2.34. The van der Waals surface area contributed by atoms with E-state index in [9.17, 15) is 5.11 Å². The highest BCUT2D eigenvalue weighted by Gasteiger charge is 2.04. The molecule has 0 bridgehead atoms. The number of hydrogen-bond acceptors (Lipinski definition) is 6. The number of aryl methyl sites for hydroxylation is 1. The minimum atomic E-state index is -0.546. The number of hydrogen-bond donors (Lipinski definition) is 3. The van der Waals surface area contributed by atoms with Crippen molar-refractivity contribution in [3.63, 3.8) is 0 Å². The van der Waals surface area contributed by atoms with Crippen LogP contribution in [0.5, 0.6) is 5.75 Å². The Morgan fingerprint density at radius 2 is 1.88 bits per heavy atom. The van der Waals surface area contributed by atoms with E-state index in [1.54, 1.807) is 0 Å². The molecule has 2 aromatic rings. The third-order valence-electron chi connectivity index (χ3n) is 3.39. The van der Waals surface area contributed by atoms with Gasteiger partial charge in [-0.25, -0.2) is 9.97 Å². The summed E-state index contributed by atoms with van der Waals surface area (Å²) in [5.41, 5.74) is 1.16. The van der Waals surface area contributed by atoms with E-state index in [0.29, 0.717) is 25.6 Å². The Kier molecular flexibility index (Phi) is 8.00. The van der Waals surface area contributed by atoms with Crippen LogP contribution in [0.3, 0.4) is 0 Å². The van der Waals surface area contributed by atoms with Crippen LogP contribution in [0.25, 0.3) is 0 Å². The Morgan fingerprint density at radius 1 is 1.12 bits per heavy atom. The van der Waals surface area contributed by atoms with Crippen molar-refractivity contribution in [1.29, 1.82) is 0 Å². The van der Waals surface area contributed by atoms with Crippen LogP contribution in [0.15, 0.2) is 42.7 Å². The van der Waals surface area contributed by atoms with Crippen molar-refractivity contribution in [3.8, 4) is 5.75 Å². The van der Waals surface area contributed by atoms with Crippen molar-refractivity contribution in [1.82, 2.24) is 15.3 Å². The van der Waals surface area contributed by atoms with Gasteiger partial charge in [-0.1, -0.05) is 31.5 Å². The maximum Gasteiger partial charge on any atom is 0.222 e. The number of aliphatic hydroxyl groups is 1. The van der Waals surface area contributed by atoms with E-state index in [1.807, 2.05) is 42.7 Å². The molecule has 1 heterocycles. The summed E-state index contributed by atoms with van der Waals surface area (Å²) in [5.74, 6) is 1.39. The third-order valence-corrected chi connectivity index (χ3v) is 3.39. The van der Waals surface area contributed by atoms with Crippen molar-refractivity contribution in [2.24, 2.45) is 0 Å². The van der Waals surface area contributed by atoms with E-state index in [2.05, 4.69) is 27.5 Å². The molecule has 1 aromatic heterocycles. The maximum absolute atomic E-state index is 9.88. The second-order valence-electron chi connectivity index (χ2n) is 5.57. The van der Waals surface area contributed by atoms with Crippen LogP contribution in [0.2, 0.25) is 0 Å². The summed E-state index contributed by atoms with van der Waals surface area (Å²) < 4.78 is 5.50. The van der Waals surface area contributed by atoms with E-state index in [0.717, 1.165) is 24.2 Å². The molecule has 0 aliphatic rings. The molecule has 2 rings (SSSR count). The Balaban J connectivity index is 1.54. The fourth-order valence-electron chi connectivity index (χ4n) is 2.16. The number of benzene rings is 1. The molecule has 0 saturated heterocycles. The van der Waals surface area contributed by atoms with Gasteiger partial charge in [0, 0.05) is 32.0 Å². The quantitative estimate of drug-likeness (QED) is 0.546. The first kappa shape index (κ1) is 18.2. The van der Waals surface area contributed by atoms with Gasteiger partial charge in [-0.3, -0.25) is 0 Å². The van der Waals surface area contributed by atoms with Gasteiger partial charge in [0.15, 0.2) is 0 Å². The van der Waals surface area contributed by atoms with Gasteiger partial charge in [0.2, 0.25) is 5.95 Å². The summed E-state index contributed by atoms with van der Waals surface area (Å²) in [4.78, 5) is 8.55. The van der Waals surface area contributed by atoms with Crippen molar-refractivity contribution < 1.29 is 9.84 Å². The van der Waals surface area contributed by atoms with Gasteiger partial charge in [-0.05, 0) is 24.1 Å². The van der Waals surface area contributed by atoms with Crippen LogP contribution in [0, 0.1) is 0 Å². The van der Waals surface area contributed by atoms with Crippen LogP contribution in [-0.2, 0) is 6.42 Å². The van der Waals surface area contributed by atoms with Crippen LogP contribution in [0.1, 0.15) is 18.9 Å². The van der Waals surface area contributed by atoms with Crippen LogP contribution >= 0.6 is 0 Å². The van der Waals surface area contributed by atoms with E-state index in [4.69, 9.17) is 4.74 Å². The van der Waals surface area contributed by atoms with Crippen LogP contribution in [-0.4, -0.2) is 47.4 Å². The molecule has 1 aromatic carbocycles. The number of ether oxygens (including phenoxy) is 1. The fraction of sp³-hybridized carbons (Fsp3) is 0.444. The van der Waals surface area contributed by atoms with Gasteiger partial charge in [-0.2, -0.15) is 0 Å². The molecule has 6 heteroatoms. The molecule has 0 radical (unpaired) electrons. The Hall–Kier alpha value is -2.18. The first-order valence-corrected chi connectivity index (χ1v) is 8.39. The number of para-hydroxylation sites is 1. The predicted octanol–water partition coefficient (Wildman–Crippen LogP) is 1.87. The zero-order valence-corrected chi connectivity index (χ0v) is 14.1. The number of anilines is 1. The summed E-state index contributed by atoms with van der Waals surface area (Å²) in [6.07, 6.45) is 5.27. The second kappa shape index (κ2) is 10.6. The standard InChI is InChI=1S/C18H26N4O2/c1-2-6-15-11-21-18(22-12-15)20-10-9-19-13-16(23)14-24-17-7-4-3-5-8-17/h3-5,7-8,11-12,16,19,23H,2,6,9-10,13-14H2,1H3,(H,20,21,22)/t16-/m1/s1. The van der Waals surface area contributed by atoms with Crippen molar-refractivity contribution in [3.05, 3.63) is 48.3 Å². The lowest BCUT2D eigenvalue weighted by Gasteiger charge is -2.13. The highest BCUT2D eigenvalue weighted by Crippen LogP contribution is 2.08. The fourth-order valence-corrected chi connectivity index (χ4v) is 2.16. The molecular formula is C18H26N4O2. The molecule has 130 valence electrons. The van der Waals surface area contributed by atoms with Gasteiger partial charge in [0.25, 0.3) is 0 Å². The minimum Gasteiger partial charge on any atom is -0.491 e. The lowest BCUT2D eigenvalue weighted by atomic mass is 10.2. The summed E-state index contributed by atoms with van der Waals surface area (Å²) in [5, 5.41) is 16.2. The van der Waals surface area contributed by atoms with Gasteiger partial charge in [0.05, 0.1) is 0 Å². The highest BCUT2D eigenvalue weighted by molar-refractivity contribution is 5.24. The topological polar surface area (TPSA) is 79.3 Å². The van der Waals surface area contributed by atoms with Crippen LogP contribution in [0.4, 0.5) is 5.95 Å². The molecule has 0 aliphatic carbocycles. The van der Waals surface area contributed by atoms with Gasteiger partial charge < -0.3 is 20.5 Å². The van der Waals surface area contributed by atoms with Crippen molar-refractivity contribution in [2.45, 2.75) is 25.9 Å². The summed E-state index contributed by atoms with van der Waals surface area (Å²) in [6, 6.07) is 9.48. The average molecular weight is 330 g/mol. The van der Waals surface area contributed by atoms with E-state index < -0.39 is 6.10 Å². The minimum absolute atomic E-state index is 0.270. The van der Waals surface area contributed by atoms with Gasteiger partial charge in [0.1, 0.15) is 18.5 Å². The summed E-state index contributed by atoms with van der Waals surface area (Å²) in [6.45, 7) is 4.29. The molecule has 0 fully saturated rings. The smallest absolute Gasteiger partial charge is 0.222 e. The lowest BCUT2D eigenvalue weighted by molar-refractivity contribution is 0.107. The van der Waals surface area contributed by atoms with E-state index in [-0.39, 0.29) is 6.61 Å². The number of nitrogens with zero attached hydrogens (tertiary/aromatic N) is 2. The SMILES string of the molecule is CCCc1cnc(NCCNC[C@@H](O)COc2ccccc2)nc1. The van der Waals surface area contributed by atoms with E-state index in [1.165, 1.54) is 0 Å².